The van der Waals surface area contributed by atoms with E-state index in [2.05, 4.69) is 4.72 Å². The molecule has 0 saturated carbocycles. The van der Waals surface area contributed by atoms with E-state index < -0.39 is 32.7 Å². The van der Waals surface area contributed by atoms with Crippen LogP contribution >= 0.6 is 0 Å². The minimum atomic E-state index is -4.25. The number of aliphatic hydroxyl groups excluding tert-OH is 1. The topological polar surface area (TPSA) is 86.7 Å². The average Bonchev–Trinajstić information content (AvgIpc) is 2.66. The summed E-state index contributed by atoms with van der Waals surface area (Å²) >= 11 is 0. The van der Waals surface area contributed by atoms with Gasteiger partial charge in [0, 0.05) is 13.1 Å². The normalized spacial score (nSPS) is 12.6. The van der Waals surface area contributed by atoms with Gasteiger partial charge in [-0.25, -0.2) is 12.8 Å². The van der Waals surface area contributed by atoms with Gasteiger partial charge in [0.1, 0.15) is 16.8 Å². The van der Waals surface area contributed by atoms with Crippen molar-refractivity contribution in [1.82, 2.24) is 9.62 Å². The van der Waals surface area contributed by atoms with Crippen LogP contribution in [0.5, 0.6) is 0 Å². The molecule has 27 heavy (non-hydrogen) atoms. The first kappa shape index (κ1) is 21.0. The predicted molar refractivity (Wildman–Crippen MR) is 100.0 cm³/mol. The first-order valence-electron chi connectivity index (χ1n) is 8.59. The van der Waals surface area contributed by atoms with Gasteiger partial charge in [0.25, 0.3) is 0 Å². The third-order valence-corrected chi connectivity index (χ3v) is 5.57. The van der Waals surface area contributed by atoms with E-state index in [9.17, 15) is 17.6 Å². The van der Waals surface area contributed by atoms with Crippen molar-refractivity contribution in [2.45, 2.75) is 24.3 Å². The van der Waals surface area contributed by atoms with Crippen molar-refractivity contribution in [2.75, 3.05) is 19.7 Å². The van der Waals surface area contributed by atoms with Crippen LogP contribution in [0.2, 0.25) is 0 Å². The zero-order chi connectivity index (χ0) is 19.9. The Labute approximate surface area is 158 Å². The molecule has 0 aliphatic carbocycles. The molecule has 0 aromatic heterocycles. The minimum absolute atomic E-state index is 0.0854. The molecule has 0 bridgehead atoms. The van der Waals surface area contributed by atoms with E-state index in [4.69, 9.17) is 5.11 Å². The molecule has 1 atom stereocenters. The van der Waals surface area contributed by atoms with E-state index in [0.717, 1.165) is 17.7 Å². The van der Waals surface area contributed by atoms with Crippen LogP contribution in [0, 0.1) is 5.82 Å². The summed E-state index contributed by atoms with van der Waals surface area (Å²) in [6.07, 6.45) is 0.106. The molecule has 0 aliphatic heterocycles. The lowest BCUT2D eigenvalue weighted by Crippen LogP contribution is -2.50. The van der Waals surface area contributed by atoms with Crippen LogP contribution in [-0.4, -0.2) is 50.1 Å². The third-order valence-electron chi connectivity index (χ3n) is 4.07. The van der Waals surface area contributed by atoms with E-state index in [1.54, 1.807) is 31.2 Å². The molecule has 0 fully saturated rings. The molecule has 2 N–H and O–H groups in total. The van der Waals surface area contributed by atoms with E-state index >= 15 is 0 Å². The Hall–Kier alpha value is -2.29. The molecule has 2 rings (SSSR count). The quantitative estimate of drug-likeness (QED) is 0.676. The van der Waals surface area contributed by atoms with Gasteiger partial charge in [-0.15, -0.1) is 0 Å². The second-order valence-electron chi connectivity index (χ2n) is 5.94. The van der Waals surface area contributed by atoms with Crippen molar-refractivity contribution in [3.63, 3.8) is 0 Å². The molecular formula is C19H23FN2O4S. The molecule has 0 saturated heterocycles. The number of sulfonamides is 1. The number of carbonyl (C=O) groups excluding carboxylic acids is 1. The minimum Gasteiger partial charge on any atom is -0.395 e. The standard InChI is InChI=1S/C19H23FN2O4S/c1-2-22(12-13-23)19(24)17(14-15-8-4-3-5-9-15)21-27(25,26)18-11-7-6-10-16(18)20/h3-11,17,21,23H,2,12-14H2,1H3. The van der Waals surface area contributed by atoms with E-state index in [0.29, 0.717) is 6.54 Å². The van der Waals surface area contributed by atoms with Crippen LogP contribution in [0.25, 0.3) is 0 Å². The van der Waals surface area contributed by atoms with Gasteiger partial charge in [-0.05, 0) is 31.0 Å². The second-order valence-corrected chi connectivity index (χ2v) is 7.62. The molecule has 0 heterocycles. The maximum Gasteiger partial charge on any atom is 0.244 e. The Morgan fingerprint density at radius 2 is 1.78 bits per heavy atom. The summed E-state index contributed by atoms with van der Waals surface area (Å²) in [5.74, 6) is -1.37. The van der Waals surface area contributed by atoms with Crippen LogP contribution < -0.4 is 4.72 Å². The number of nitrogens with one attached hydrogen (secondary N) is 1. The van der Waals surface area contributed by atoms with Crippen LogP contribution in [0.1, 0.15) is 12.5 Å². The number of likely N-dealkylation sites (N-methyl/N-ethyl adjacent to an activating group) is 1. The van der Waals surface area contributed by atoms with Crippen LogP contribution in [0.15, 0.2) is 59.5 Å². The number of aliphatic hydroxyl groups is 1. The van der Waals surface area contributed by atoms with Crippen molar-refractivity contribution >= 4 is 15.9 Å². The first-order valence-corrected chi connectivity index (χ1v) is 10.1. The molecule has 0 spiro atoms. The molecule has 2 aromatic rings. The molecule has 0 radical (unpaired) electrons. The number of halogens is 1. The Morgan fingerprint density at radius 3 is 2.37 bits per heavy atom. The fourth-order valence-corrected chi connectivity index (χ4v) is 3.98. The zero-order valence-corrected chi connectivity index (χ0v) is 15.8. The van der Waals surface area contributed by atoms with Crippen molar-refractivity contribution in [2.24, 2.45) is 0 Å². The first-order chi connectivity index (χ1) is 12.9. The number of amides is 1. The summed E-state index contributed by atoms with van der Waals surface area (Å²) in [6, 6.07) is 12.8. The Morgan fingerprint density at radius 1 is 1.15 bits per heavy atom. The highest BCUT2D eigenvalue weighted by Crippen LogP contribution is 2.15. The maximum atomic E-state index is 14.0. The Balaban J connectivity index is 2.34. The van der Waals surface area contributed by atoms with E-state index in [1.807, 2.05) is 6.07 Å². The van der Waals surface area contributed by atoms with E-state index in [-0.39, 0.29) is 19.6 Å². The van der Waals surface area contributed by atoms with Crippen molar-refractivity contribution in [3.8, 4) is 0 Å². The lowest BCUT2D eigenvalue weighted by atomic mass is 10.1. The number of nitrogens with zero attached hydrogens (tertiary/aromatic N) is 1. The van der Waals surface area contributed by atoms with Gasteiger partial charge in [0.15, 0.2) is 0 Å². The monoisotopic (exact) mass is 394 g/mol. The molecule has 0 aliphatic rings. The summed E-state index contributed by atoms with van der Waals surface area (Å²) in [4.78, 5) is 13.7. The summed E-state index contributed by atoms with van der Waals surface area (Å²) in [5.41, 5.74) is 0.757. The second kappa shape index (κ2) is 9.59. The fourth-order valence-electron chi connectivity index (χ4n) is 2.71. The molecule has 8 heteroatoms. The zero-order valence-electron chi connectivity index (χ0n) is 15.0. The Kier molecular flexibility index (Phi) is 7.46. The van der Waals surface area contributed by atoms with Crippen LogP contribution in [0.4, 0.5) is 4.39 Å². The molecule has 6 nitrogen and oxygen atoms in total. The summed E-state index contributed by atoms with van der Waals surface area (Å²) in [5, 5.41) is 9.15. The molecule has 1 amide bonds. The highest BCUT2D eigenvalue weighted by Gasteiger charge is 2.30. The summed E-state index contributed by atoms with van der Waals surface area (Å²) < 4.78 is 41.6. The maximum absolute atomic E-state index is 14.0. The van der Waals surface area contributed by atoms with Gasteiger partial charge in [-0.3, -0.25) is 4.79 Å². The number of carbonyl (C=O) groups is 1. The average molecular weight is 394 g/mol. The lowest BCUT2D eigenvalue weighted by Gasteiger charge is -2.26. The van der Waals surface area contributed by atoms with Gasteiger partial charge < -0.3 is 10.0 Å². The van der Waals surface area contributed by atoms with Gasteiger partial charge in [-0.2, -0.15) is 4.72 Å². The number of hydrogen-bond acceptors (Lipinski definition) is 4. The molecule has 146 valence electrons. The largest absolute Gasteiger partial charge is 0.395 e. The number of hydrogen-bond donors (Lipinski definition) is 2. The van der Waals surface area contributed by atoms with Crippen molar-refractivity contribution in [1.29, 1.82) is 0 Å². The van der Waals surface area contributed by atoms with Gasteiger partial charge in [0.2, 0.25) is 15.9 Å². The van der Waals surface area contributed by atoms with E-state index in [1.165, 1.54) is 17.0 Å². The van der Waals surface area contributed by atoms with Crippen LogP contribution in [-0.2, 0) is 21.2 Å². The number of rotatable bonds is 9. The Bertz CT molecular complexity index is 859. The highest BCUT2D eigenvalue weighted by atomic mass is 32.2. The lowest BCUT2D eigenvalue weighted by molar-refractivity contribution is -0.133. The SMILES string of the molecule is CCN(CCO)C(=O)C(Cc1ccccc1)NS(=O)(=O)c1ccccc1F. The van der Waals surface area contributed by atoms with Crippen molar-refractivity contribution in [3.05, 3.63) is 66.0 Å². The van der Waals surface area contributed by atoms with Gasteiger partial charge in [0.05, 0.1) is 6.61 Å². The predicted octanol–water partition coefficient (Wildman–Crippen LogP) is 1.56. The van der Waals surface area contributed by atoms with Crippen LogP contribution in [0.3, 0.4) is 0 Å². The summed E-state index contributed by atoms with van der Waals surface area (Å²) in [7, 11) is -4.25. The smallest absolute Gasteiger partial charge is 0.244 e. The molecule has 2 aromatic carbocycles. The fraction of sp³-hybridized carbons (Fsp3) is 0.316. The third kappa shape index (κ3) is 5.59. The van der Waals surface area contributed by atoms with Gasteiger partial charge >= 0.3 is 0 Å². The highest BCUT2D eigenvalue weighted by molar-refractivity contribution is 7.89. The number of benzene rings is 2. The molecular weight excluding hydrogens is 371 g/mol. The van der Waals surface area contributed by atoms with Crippen molar-refractivity contribution < 1.29 is 22.7 Å². The van der Waals surface area contributed by atoms with Gasteiger partial charge in [-0.1, -0.05) is 42.5 Å². The summed E-state index contributed by atoms with van der Waals surface area (Å²) in [6.45, 7) is 1.89. The molecule has 1 unspecified atom stereocenters.